The van der Waals surface area contributed by atoms with Crippen LogP contribution in [0.2, 0.25) is 0 Å². The molecule has 0 aliphatic rings. The van der Waals surface area contributed by atoms with Crippen molar-refractivity contribution in [3.8, 4) is 0 Å². The molecule has 0 aliphatic carbocycles. The molecule has 3 nitrogen and oxygen atoms in total. The van der Waals surface area contributed by atoms with Gasteiger partial charge in [0.15, 0.2) is 0 Å². The van der Waals surface area contributed by atoms with Gasteiger partial charge >= 0.3 is 0 Å². The third kappa shape index (κ3) is 3.30. The van der Waals surface area contributed by atoms with E-state index in [9.17, 15) is 0 Å². The lowest BCUT2D eigenvalue weighted by Crippen LogP contribution is -2.22. The lowest BCUT2D eigenvalue weighted by Gasteiger charge is -2.19. The monoisotopic (exact) mass is 296 g/mol. The zero-order chi connectivity index (χ0) is 12.5. The van der Waals surface area contributed by atoms with E-state index in [2.05, 4.69) is 53.9 Å². The summed E-state index contributed by atoms with van der Waals surface area (Å²) in [6, 6.07) is 6.18. The molecule has 92 valence electrons. The summed E-state index contributed by atoms with van der Waals surface area (Å²) in [5, 5.41) is 5.52. The van der Waals surface area contributed by atoms with E-state index in [1.54, 1.807) is 0 Å². The smallest absolute Gasteiger partial charge is 0.0684 e. The maximum absolute atomic E-state index is 5.71. The zero-order valence-electron chi connectivity index (χ0n) is 10.4. The molecule has 0 saturated heterocycles. The molecule has 0 N–H and O–H groups in total. The van der Waals surface area contributed by atoms with Crippen LogP contribution in [-0.2, 0) is 11.3 Å². The average molecular weight is 297 g/mol. The largest absolute Gasteiger partial charge is 0.374 e. The first-order chi connectivity index (χ1) is 7.96. The first-order valence-corrected chi connectivity index (χ1v) is 6.50. The van der Waals surface area contributed by atoms with Gasteiger partial charge in [-0.3, -0.25) is 4.68 Å². The molecule has 0 radical (unpaired) electrons. The minimum Gasteiger partial charge on any atom is -0.374 e. The summed E-state index contributed by atoms with van der Waals surface area (Å²) in [6.45, 7) is 7.64. The van der Waals surface area contributed by atoms with E-state index in [-0.39, 0.29) is 5.60 Å². The van der Waals surface area contributed by atoms with Crippen molar-refractivity contribution in [2.45, 2.75) is 32.9 Å². The Labute approximate surface area is 110 Å². The SMILES string of the molecule is CC(C)(C)OCCn1ncc2cc(Br)ccc21. The van der Waals surface area contributed by atoms with Gasteiger partial charge in [0.05, 0.1) is 30.5 Å². The summed E-state index contributed by atoms with van der Waals surface area (Å²) in [7, 11) is 0. The van der Waals surface area contributed by atoms with E-state index in [1.165, 1.54) is 0 Å². The molecule has 0 spiro atoms. The van der Waals surface area contributed by atoms with Crippen LogP contribution >= 0.6 is 15.9 Å². The van der Waals surface area contributed by atoms with Crippen molar-refractivity contribution in [3.05, 3.63) is 28.9 Å². The van der Waals surface area contributed by atoms with Crippen molar-refractivity contribution >= 4 is 26.8 Å². The van der Waals surface area contributed by atoms with Gasteiger partial charge < -0.3 is 4.74 Å². The number of halogens is 1. The van der Waals surface area contributed by atoms with E-state index >= 15 is 0 Å². The third-order valence-corrected chi connectivity index (χ3v) is 2.94. The predicted octanol–water partition coefficient (Wildman–Crippen LogP) is 3.61. The summed E-state index contributed by atoms with van der Waals surface area (Å²) in [6.07, 6.45) is 1.89. The molecular formula is C13H17BrN2O. The summed E-state index contributed by atoms with van der Waals surface area (Å²) >= 11 is 3.46. The first kappa shape index (κ1) is 12.6. The number of rotatable bonds is 3. The maximum atomic E-state index is 5.71. The second-order valence-corrected chi connectivity index (χ2v) is 5.95. The number of hydrogen-bond acceptors (Lipinski definition) is 2. The molecule has 1 heterocycles. The highest BCUT2D eigenvalue weighted by Gasteiger charge is 2.10. The van der Waals surface area contributed by atoms with Crippen molar-refractivity contribution in [1.82, 2.24) is 9.78 Å². The normalized spacial score (nSPS) is 12.2. The van der Waals surface area contributed by atoms with Gasteiger partial charge in [0, 0.05) is 9.86 Å². The van der Waals surface area contributed by atoms with Crippen LogP contribution in [0.15, 0.2) is 28.9 Å². The van der Waals surface area contributed by atoms with Gasteiger partial charge in [0.2, 0.25) is 0 Å². The third-order valence-electron chi connectivity index (χ3n) is 2.44. The Morgan fingerprint density at radius 1 is 1.35 bits per heavy atom. The van der Waals surface area contributed by atoms with Crippen LogP contribution in [0.5, 0.6) is 0 Å². The van der Waals surface area contributed by atoms with Gasteiger partial charge in [-0.25, -0.2) is 0 Å². The molecule has 0 saturated carbocycles. The molecule has 0 unspecified atom stereocenters. The lowest BCUT2D eigenvalue weighted by molar-refractivity contribution is -0.00749. The van der Waals surface area contributed by atoms with Gasteiger partial charge in [-0.05, 0) is 39.0 Å². The number of ether oxygens (including phenoxy) is 1. The highest BCUT2D eigenvalue weighted by molar-refractivity contribution is 9.10. The molecular weight excluding hydrogens is 280 g/mol. The first-order valence-electron chi connectivity index (χ1n) is 5.71. The summed E-state index contributed by atoms with van der Waals surface area (Å²) < 4.78 is 8.76. The standard InChI is InChI=1S/C13H17BrN2O/c1-13(2,3)17-7-6-16-12-5-4-11(14)8-10(12)9-15-16/h4-5,8-9H,6-7H2,1-3H3. The van der Waals surface area contributed by atoms with E-state index < -0.39 is 0 Å². The number of nitrogens with zero attached hydrogens (tertiary/aromatic N) is 2. The Bertz CT molecular complexity index is 514. The van der Waals surface area contributed by atoms with E-state index in [1.807, 2.05) is 16.9 Å². The summed E-state index contributed by atoms with van der Waals surface area (Å²) in [5.74, 6) is 0. The fourth-order valence-electron chi connectivity index (χ4n) is 1.67. The highest BCUT2D eigenvalue weighted by Crippen LogP contribution is 2.19. The second kappa shape index (κ2) is 4.78. The molecule has 4 heteroatoms. The van der Waals surface area contributed by atoms with Gasteiger partial charge in [0.25, 0.3) is 0 Å². The molecule has 0 fully saturated rings. The second-order valence-electron chi connectivity index (χ2n) is 5.03. The van der Waals surface area contributed by atoms with Gasteiger partial charge in [-0.1, -0.05) is 15.9 Å². The van der Waals surface area contributed by atoms with Crippen LogP contribution in [0.25, 0.3) is 10.9 Å². The Kier molecular flexibility index (Phi) is 3.54. The van der Waals surface area contributed by atoms with Gasteiger partial charge in [0.1, 0.15) is 0 Å². The van der Waals surface area contributed by atoms with Crippen molar-refractivity contribution in [2.24, 2.45) is 0 Å². The van der Waals surface area contributed by atoms with E-state index in [4.69, 9.17) is 4.74 Å². The van der Waals surface area contributed by atoms with Crippen molar-refractivity contribution in [3.63, 3.8) is 0 Å². The number of fused-ring (bicyclic) bond motifs is 1. The minimum atomic E-state index is -0.0913. The van der Waals surface area contributed by atoms with Crippen LogP contribution in [0.3, 0.4) is 0 Å². The van der Waals surface area contributed by atoms with Crippen molar-refractivity contribution in [2.75, 3.05) is 6.61 Å². The minimum absolute atomic E-state index is 0.0913. The van der Waals surface area contributed by atoms with Crippen LogP contribution in [0.1, 0.15) is 20.8 Å². The molecule has 0 aliphatic heterocycles. The van der Waals surface area contributed by atoms with Crippen LogP contribution in [-0.4, -0.2) is 22.0 Å². The molecule has 0 amide bonds. The van der Waals surface area contributed by atoms with Crippen LogP contribution in [0.4, 0.5) is 0 Å². The average Bonchev–Trinajstić information content (AvgIpc) is 2.59. The Morgan fingerprint density at radius 2 is 2.12 bits per heavy atom. The quantitative estimate of drug-likeness (QED) is 0.865. The van der Waals surface area contributed by atoms with Crippen LogP contribution in [0, 0.1) is 0 Å². The lowest BCUT2D eigenvalue weighted by atomic mass is 10.2. The molecule has 2 aromatic rings. The van der Waals surface area contributed by atoms with Gasteiger partial charge in [-0.2, -0.15) is 5.10 Å². The highest BCUT2D eigenvalue weighted by atomic mass is 79.9. The van der Waals surface area contributed by atoms with E-state index in [0.717, 1.165) is 21.9 Å². The molecule has 1 aromatic carbocycles. The number of aromatic nitrogens is 2. The topological polar surface area (TPSA) is 27.1 Å². The van der Waals surface area contributed by atoms with Crippen molar-refractivity contribution in [1.29, 1.82) is 0 Å². The summed E-state index contributed by atoms with van der Waals surface area (Å²) in [4.78, 5) is 0. The predicted molar refractivity (Wildman–Crippen MR) is 73.1 cm³/mol. The zero-order valence-corrected chi connectivity index (χ0v) is 12.0. The molecule has 2 rings (SSSR count). The molecule has 17 heavy (non-hydrogen) atoms. The maximum Gasteiger partial charge on any atom is 0.0684 e. The fraction of sp³-hybridized carbons (Fsp3) is 0.462. The Morgan fingerprint density at radius 3 is 2.82 bits per heavy atom. The van der Waals surface area contributed by atoms with Gasteiger partial charge in [-0.15, -0.1) is 0 Å². The molecule has 0 atom stereocenters. The van der Waals surface area contributed by atoms with Crippen molar-refractivity contribution < 1.29 is 4.74 Å². The molecule has 1 aromatic heterocycles. The molecule has 0 bridgehead atoms. The Hall–Kier alpha value is -0.870. The number of hydrogen-bond donors (Lipinski definition) is 0. The van der Waals surface area contributed by atoms with Crippen LogP contribution < -0.4 is 0 Å². The van der Waals surface area contributed by atoms with E-state index in [0.29, 0.717) is 6.61 Å². The Balaban J connectivity index is 2.09. The summed E-state index contributed by atoms with van der Waals surface area (Å²) in [5.41, 5.74) is 1.05. The number of benzene rings is 1. The fourth-order valence-corrected chi connectivity index (χ4v) is 2.05.